The lowest BCUT2D eigenvalue weighted by molar-refractivity contribution is 0.380. The van der Waals surface area contributed by atoms with E-state index in [0.29, 0.717) is 19.2 Å². The average Bonchev–Trinajstić information content (AvgIpc) is 2.06. The lowest BCUT2D eigenvalue weighted by Gasteiger charge is -2.05. The Bertz CT molecular complexity index is 231. The van der Waals surface area contributed by atoms with Crippen molar-refractivity contribution >= 4 is 7.69 Å². The minimum atomic E-state index is 0.435. The smallest absolute Gasteiger partial charge is 0.535 e. The van der Waals surface area contributed by atoms with Crippen LogP contribution in [0.1, 0.15) is 0 Å². The van der Waals surface area contributed by atoms with Crippen LogP contribution >= 0.6 is 0 Å². The van der Waals surface area contributed by atoms with Crippen molar-refractivity contribution in [1.82, 2.24) is 4.98 Å². The Labute approximate surface area is 65.1 Å². The quantitative estimate of drug-likeness (QED) is 0.619. The molecule has 0 bridgehead atoms. The second-order valence-corrected chi connectivity index (χ2v) is 1.75. The van der Waals surface area contributed by atoms with Crippen LogP contribution in [0, 0.1) is 0 Å². The minimum absolute atomic E-state index is 0.435. The lowest BCUT2D eigenvalue weighted by atomic mass is 10.3. The van der Waals surface area contributed by atoms with Gasteiger partial charge < -0.3 is 14.4 Å². The number of hydrogen-bond acceptors (Lipinski definition) is 4. The maximum atomic E-state index is 8.32. The summed E-state index contributed by atoms with van der Waals surface area (Å²) < 4.78 is 9.57. The molecule has 5 heteroatoms. The van der Waals surface area contributed by atoms with Crippen LogP contribution in [0.4, 0.5) is 0 Å². The Morgan fingerprint density at radius 2 is 2.36 bits per heavy atom. The van der Waals surface area contributed by atoms with Gasteiger partial charge in [-0.1, -0.05) is 0 Å². The standard InChI is InChI=1S/C6H7BNO3/c1-10-6-4-8-3-2-5(6)11-7-9/h2-4,9H,1H3. The number of aromatic nitrogens is 1. The third-order valence-corrected chi connectivity index (χ3v) is 1.15. The van der Waals surface area contributed by atoms with Gasteiger partial charge in [-0.05, 0) is 0 Å². The fourth-order valence-corrected chi connectivity index (χ4v) is 0.675. The third-order valence-electron chi connectivity index (χ3n) is 1.15. The molecule has 1 aromatic rings. The Kier molecular flexibility index (Phi) is 2.74. The predicted molar refractivity (Wildman–Crippen MR) is 39.4 cm³/mol. The average molecular weight is 152 g/mol. The summed E-state index contributed by atoms with van der Waals surface area (Å²) in [7, 11) is 2.10. The summed E-state index contributed by atoms with van der Waals surface area (Å²) in [5.74, 6) is 0.919. The normalized spacial score (nSPS) is 8.91. The summed E-state index contributed by atoms with van der Waals surface area (Å²) in [4.78, 5) is 3.80. The number of hydrogen-bond donors (Lipinski definition) is 1. The van der Waals surface area contributed by atoms with Crippen molar-refractivity contribution in [2.24, 2.45) is 0 Å². The molecule has 0 aliphatic rings. The zero-order chi connectivity index (χ0) is 8.10. The molecule has 1 N–H and O–H groups in total. The van der Waals surface area contributed by atoms with Crippen LogP contribution in [0.25, 0.3) is 0 Å². The summed E-state index contributed by atoms with van der Waals surface area (Å²) in [5.41, 5.74) is 0. The predicted octanol–water partition coefficient (Wildman–Crippen LogP) is -0.00450. The second kappa shape index (κ2) is 3.83. The maximum absolute atomic E-state index is 8.32. The molecule has 57 valence electrons. The van der Waals surface area contributed by atoms with Gasteiger partial charge >= 0.3 is 7.69 Å². The van der Waals surface area contributed by atoms with E-state index in [4.69, 9.17) is 14.4 Å². The topological polar surface area (TPSA) is 51.6 Å². The number of nitrogens with zero attached hydrogens (tertiary/aromatic N) is 1. The molecule has 0 saturated carbocycles. The molecule has 1 heterocycles. The zero-order valence-corrected chi connectivity index (χ0v) is 6.02. The van der Waals surface area contributed by atoms with E-state index in [1.54, 1.807) is 12.3 Å². The van der Waals surface area contributed by atoms with Crippen LogP contribution in [0.3, 0.4) is 0 Å². The van der Waals surface area contributed by atoms with Gasteiger partial charge in [0.15, 0.2) is 5.75 Å². The van der Waals surface area contributed by atoms with Gasteiger partial charge in [-0.25, -0.2) is 0 Å². The summed E-state index contributed by atoms with van der Waals surface area (Å²) in [5, 5.41) is 8.32. The summed E-state index contributed by atoms with van der Waals surface area (Å²) >= 11 is 0. The zero-order valence-electron chi connectivity index (χ0n) is 6.02. The van der Waals surface area contributed by atoms with E-state index in [9.17, 15) is 0 Å². The van der Waals surface area contributed by atoms with E-state index in [1.807, 2.05) is 0 Å². The second-order valence-electron chi connectivity index (χ2n) is 1.75. The molecule has 1 rings (SSSR count). The molecule has 1 radical (unpaired) electrons. The van der Waals surface area contributed by atoms with Crippen LogP contribution in [0.2, 0.25) is 0 Å². The van der Waals surface area contributed by atoms with Crippen LogP contribution in [-0.2, 0) is 0 Å². The SMILES string of the molecule is COc1cnccc1O[B]O. The molecular weight excluding hydrogens is 145 g/mol. The first-order valence-corrected chi connectivity index (χ1v) is 2.99. The molecule has 0 spiro atoms. The molecular formula is C6H7BNO3. The van der Waals surface area contributed by atoms with Gasteiger partial charge in [-0.3, -0.25) is 4.98 Å². The molecule has 11 heavy (non-hydrogen) atoms. The summed E-state index contributed by atoms with van der Waals surface area (Å²) in [6.45, 7) is 0. The molecule has 4 nitrogen and oxygen atoms in total. The fraction of sp³-hybridized carbons (Fsp3) is 0.167. The van der Waals surface area contributed by atoms with Crippen molar-refractivity contribution in [2.75, 3.05) is 7.11 Å². The van der Waals surface area contributed by atoms with Crippen molar-refractivity contribution in [2.45, 2.75) is 0 Å². The summed E-state index contributed by atoms with van der Waals surface area (Å²) in [6.07, 6.45) is 3.04. The van der Waals surface area contributed by atoms with Crippen molar-refractivity contribution in [3.8, 4) is 11.5 Å². The highest BCUT2D eigenvalue weighted by Gasteiger charge is 2.01. The number of pyridine rings is 1. The van der Waals surface area contributed by atoms with Crippen LogP contribution in [0.5, 0.6) is 11.5 Å². The maximum Gasteiger partial charge on any atom is 0.569 e. The first-order valence-electron chi connectivity index (χ1n) is 2.99. The molecule has 0 aliphatic carbocycles. The van der Waals surface area contributed by atoms with Gasteiger partial charge in [0.1, 0.15) is 5.75 Å². The van der Waals surface area contributed by atoms with E-state index in [-0.39, 0.29) is 0 Å². The highest BCUT2D eigenvalue weighted by molar-refractivity contribution is 6.17. The van der Waals surface area contributed by atoms with Crippen molar-refractivity contribution in [1.29, 1.82) is 0 Å². The Hall–Kier alpha value is -1.23. The van der Waals surface area contributed by atoms with E-state index in [2.05, 4.69) is 4.98 Å². The first kappa shape index (κ1) is 7.88. The lowest BCUT2D eigenvalue weighted by Crippen LogP contribution is -2.01. The van der Waals surface area contributed by atoms with Crippen LogP contribution in [-0.4, -0.2) is 24.8 Å². The van der Waals surface area contributed by atoms with E-state index < -0.39 is 0 Å². The number of ether oxygens (including phenoxy) is 1. The molecule has 0 unspecified atom stereocenters. The molecule has 1 aromatic heterocycles. The van der Waals surface area contributed by atoms with Gasteiger partial charge in [-0.2, -0.15) is 0 Å². The Morgan fingerprint density at radius 1 is 1.55 bits per heavy atom. The van der Waals surface area contributed by atoms with Crippen LogP contribution < -0.4 is 9.39 Å². The highest BCUT2D eigenvalue weighted by Crippen LogP contribution is 2.23. The molecule has 0 aromatic carbocycles. The van der Waals surface area contributed by atoms with Crippen molar-refractivity contribution < 1.29 is 14.4 Å². The molecule has 0 atom stereocenters. The van der Waals surface area contributed by atoms with Gasteiger partial charge in [-0.15, -0.1) is 0 Å². The highest BCUT2D eigenvalue weighted by atomic mass is 16.5. The fourth-order valence-electron chi connectivity index (χ4n) is 0.675. The van der Waals surface area contributed by atoms with Gasteiger partial charge in [0, 0.05) is 12.3 Å². The third kappa shape index (κ3) is 1.85. The molecule has 0 aliphatic heterocycles. The van der Waals surface area contributed by atoms with Crippen molar-refractivity contribution in [3.05, 3.63) is 18.5 Å². The van der Waals surface area contributed by atoms with Crippen LogP contribution in [0.15, 0.2) is 18.5 Å². The first-order chi connectivity index (χ1) is 5.38. The van der Waals surface area contributed by atoms with Gasteiger partial charge in [0.25, 0.3) is 0 Å². The van der Waals surface area contributed by atoms with E-state index in [1.165, 1.54) is 13.3 Å². The van der Waals surface area contributed by atoms with E-state index in [0.717, 1.165) is 0 Å². The monoisotopic (exact) mass is 152 g/mol. The minimum Gasteiger partial charge on any atom is -0.535 e. The molecule has 0 fully saturated rings. The van der Waals surface area contributed by atoms with Gasteiger partial charge in [0.05, 0.1) is 13.3 Å². The van der Waals surface area contributed by atoms with Gasteiger partial charge in [0.2, 0.25) is 0 Å². The largest absolute Gasteiger partial charge is 0.569 e. The number of rotatable bonds is 3. The van der Waals surface area contributed by atoms with Crippen molar-refractivity contribution in [3.63, 3.8) is 0 Å². The van der Waals surface area contributed by atoms with E-state index >= 15 is 0 Å². The number of methoxy groups -OCH3 is 1. The molecule has 0 saturated heterocycles. The molecule has 0 amide bonds. The summed E-state index contributed by atoms with van der Waals surface area (Å²) in [6, 6.07) is 1.59. The Balaban J connectivity index is 2.83. The Morgan fingerprint density at radius 3 is 3.00 bits per heavy atom.